The highest BCUT2D eigenvalue weighted by molar-refractivity contribution is 5.97. The minimum absolute atomic E-state index is 0.226. The summed E-state index contributed by atoms with van der Waals surface area (Å²) in [6.45, 7) is 0.226. The summed E-state index contributed by atoms with van der Waals surface area (Å²) >= 11 is 0. The first kappa shape index (κ1) is 13.5. The molecule has 1 aliphatic heterocycles. The zero-order chi connectivity index (χ0) is 14.0. The number of likely N-dealkylation sites (tertiary alicyclic amines) is 1. The molecule has 1 heterocycles. The van der Waals surface area contributed by atoms with E-state index in [1.165, 1.54) is 36.3 Å². The van der Waals surface area contributed by atoms with Gasteiger partial charge < -0.3 is 14.7 Å². The summed E-state index contributed by atoms with van der Waals surface area (Å²) in [5.41, 5.74) is 0.268. The number of amides is 1. The van der Waals surface area contributed by atoms with E-state index in [1.807, 2.05) is 0 Å². The molecule has 1 aromatic rings. The second kappa shape index (κ2) is 5.36. The highest BCUT2D eigenvalue weighted by Crippen LogP contribution is 2.22. The van der Waals surface area contributed by atoms with Crippen molar-refractivity contribution in [1.29, 1.82) is 0 Å². The van der Waals surface area contributed by atoms with Crippen molar-refractivity contribution in [2.24, 2.45) is 0 Å². The molecule has 1 N–H and O–H groups in total. The molecule has 1 aromatic carbocycles. The molecular formula is C13H14FNO4. The zero-order valence-corrected chi connectivity index (χ0v) is 10.4. The molecule has 0 saturated carbocycles. The van der Waals surface area contributed by atoms with Crippen LogP contribution in [0.5, 0.6) is 0 Å². The third-order valence-corrected chi connectivity index (χ3v) is 3.23. The molecule has 2 unspecified atom stereocenters. The summed E-state index contributed by atoms with van der Waals surface area (Å²) in [6, 6.07) is 4.13. The van der Waals surface area contributed by atoms with Crippen molar-refractivity contribution in [3.8, 4) is 0 Å². The van der Waals surface area contributed by atoms with Crippen LogP contribution < -0.4 is 0 Å². The number of methoxy groups -OCH3 is 1. The molecule has 0 aromatic heterocycles. The van der Waals surface area contributed by atoms with Gasteiger partial charge in [0, 0.05) is 25.6 Å². The summed E-state index contributed by atoms with van der Waals surface area (Å²) in [4.78, 5) is 24.6. The molecule has 5 nitrogen and oxygen atoms in total. The van der Waals surface area contributed by atoms with Gasteiger partial charge in [0.25, 0.3) is 5.91 Å². The normalized spacial score (nSPS) is 22.5. The average molecular weight is 267 g/mol. The van der Waals surface area contributed by atoms with Crippen LogP contribution in [0.4, 0.5) is 4.39 Å². The van der Waals surface area contributed by atoms with Crippen LogP contribution >= 0.6 is 0 Å². The van der Waals surface area contributed by atoms with Gasteiger partial charge in [-0.05, 0) is 24.3 Å². The zero-order valence-electron chi connectivity index (χ0n) is 10.4. The van der Waals surface area contributed by atoms with Crippen LogP contribution in [0.25, 0.3) is 0 Å². The summed E-state index contributed by atoms with van der Waals surface area (Å²) in [5.74, 6) is -1.93. The van der Waals surface area contributed by atoms with Crippen LogP contribution in [0, 0.1) is 5.82 Å². The van der Waals surface area contributed by atoms with Gasteiger partial charge in [-0.2, -0.15) is 0 Å². The quantitative estimate of drug-likeness (QED) is 0.891. The standard InChI is InChI=1S/C13H14FNO4/c1-19-10-6-11(13(17)18)15(7-10)12(16)8-2-4-9(14)5-3-8/h2-5,10-11H,6-7H2,1H3,(H,17,18). The van der Waals surface area contributed by atoms with Crippen molar-refractivity contribution in [2.45, 2.75) is 18.6 Å². The molecule has 1 fully saturated rings. The first-order valence-electron chi connectivity index (χ1n) is 5.85. The van der Waals surface area contributed by atoms with Gasteiger partial charge in [0.2, 0.25) is 0 Å². The van der Waals surface area contributed by atoms with Crippen molar-refractivity contribution < 1.29 is 23.8 Å². The third-order valence-electron chi connectivity index (χ3n) is 3.23. The molecule has 0 aliphatic carbocycles. The Morgan fingerprint density at radius 3 is 2.53 bits per heavy atom. The molecule has 1 amide bonds. The number of hydrogen-bond acceptors (Lipinski definition) is 3. The number of aliphatic carboxylic acids is 1. The van der Waals surface area contributed by atoms with Crippen LogP contribution in [-0.2, 0) is 9.53 Å². The van der Waals surface area contributed by atoms with Crippen LogP contribution in [0.2, 0.25) is 0 Å². The maximum Gasteiger partial charge on any atom is 0.326 e. The Labute approximate surface area is 109 Å². The largest absolute Gasteiger partial charge is 0.480 e. The molecule has 0 bridgehead atoms. The number of carbonyl (C=O) groups is 2. The number of carboxylic acids is 1. The molecule has 1 saturated heterocycles. The van der Waals surface area contributed by atoms with E-state index in [2.05, 4.69) is 0 Å². The molecular weight excluding hydrogens is 253 g/mol. The molecule has 2 atom stereocenters. The van der Waals surface area contributed by atoms with E-state index in [9.17, 15) is 14.0 Å². The maximum absolute atomic E-state index is 12.8. The van der Waals surface area contributed by atoms with Gasteiger partial charge >= 0.3 is 5.97 Å². The van der Waals surface area contributed by atoms with E-state index in [1.54, 1.807) is 0 Å². The number of rotatable bonds is 3. The molecule has 6 heteroatoms. The number of carboxylic acid groups (broad SMARTS) is 1. The molecule has 0 radical (unpaired) electrons. The van der Waals surface area contributed by atoms with Crippen LogP contribution in [0.3, 0.4) is 0 Å². The van der Waals surface area contributed by atoms with Gasteiger partial charge in [0.1, 0.15) is 11.9 Å². The van der Waals surface area contributed by atoms with Gasteiger partial charge in [-0.1, -0.05) is 0 Å². The lowest BCUT2D eigenvalue weighted by Crippen LogP contribution is -2.40. The Morgan fingerprint density at radius 1 is 1.37 bits per heavy atom. The summed E-state index contributed by atoms with van der Waals surface area (Å²) < 4.78 is 17.9. The monoisotopic (exact) mass is 267 g/mol. The Kier molecular flexibility index (Phi) is 3.80. The van der Waals surface area contributed by atoms with Gasteiger partial charge in [-0.3, -0.25) is 4.79 Å². The second-order valence-corrected chi connectivity index (χ2v) is 4.41. The fourth-order valence-electron chi connectivity index (χ4n) is 2.19. The second-order valence-electron chi connectivity index (χ2n) is 4.41. The number of nitrogens with zero attached hydrogens (tertiary/aromatic N) is 1. The fourth-order valence-corrected chi connectivity index (χ4v) is 2.19. The van der Waals surface area contributed by atoms with Crippen LogP contribution in [-0.4, -0.2) is 47.7 Å². The van der Waals surface area contributed by atoms with E-state index < -0.39 is 23.7 Å². The van der Waals surface area contributed by atoms with Gasteiger partial charge in [0.15, 0.2) is 0 Å². The highest BCUT2D eigenvalue weighted by atomic mass is 19.1. The lowest BCUT2D eigenvalue weighted by Gasteiger charge is -2.21. The molecule has 102 valence electrons. The maximum atomic E-state index is 12.8. The van der Waals surface area contributed by atoms with E-state index in [0.717, 1.165) is 0 Å². The number of halogens is 1. The smallest absolute Gasteiger partial charge is 0.326 e. The average Bonchev–Trinajstić information content (AvgIpc) is 2.83. The number of ether oxygens (including phenoxy) is 1. The topological polar surface area (TPSA) is 66.8 Å². The predicted molar refractivity (Wildman–Crippen MR) is 64.3 cm³/mol. The molecule has 19 heavy (non-hydrogen) atoms. The van der Waals surface area contributed by atoms with Gasteiger partial charge in [-0.15, -0.1) is 0 Å². The predicted octanol–water partition coefficient (Wildman–Crippen LogP) is 1.14. The molecule has 2 rings (SSSR count). The van der Waals surface area contributed by atoms with Gasteiger partial charge in [0.05, 0.1) is 6.10 Å². The molecule has 1 aliphatic rings. The van der Waals surface area contributed by atoms with Crippen molar-refractivity contribution >= 4 is 11.9 Å². The number of carbonyl (C=O) groups excluding carboxylic acids is 1. The number of hydrogen-bond donors (Lipinski definition) is 1. The van der Waals surface area contributed by atoms with Crippen molar-refractivity contribution in [1.82, 2.24) is 4.90 Å². The first-order valence-corrected chi connectivity index (χ1v) is 5.85. The van der Waals surface area contributed by atoms with E-state index in [4.69, 9.17) is 9.84 Å². The van der Waals surface area contributed by atoms with Crippen molar-refractivity contribution in [2.75, 3.05) is 13.7 Å². The lowest BCUT2D eigenvalue weighted by molar-refractivity contribution is -0.141. The van der Waals surface area contributed by atoms with Crippen molar-refractivity contribution in [3.05, 3.63) is 35.6 Å². The van der Waals surface area contributed by atoms with Crippen LogP contribution in [0.15, 0.2) is 24.3 Å². The minimum Gasteiger partial charge on any atom is -0.480 e. The van der Waals surface area contributed by atoms with E-state index in [0.29, 0.717) is 0 Å². The molecule has 0 spiro atoms. The Hall–Kier alpha value is -1.95. The fraction of sp³-hybridized carbons (Fsp3) is 0.385. The van der Waals surface area contributed by atoms with E-state index in [-0.39, 0.29) is 24.6 Å². The minimum atomic E-state index is -1.06. The summed E-state index contributed by atoms with van der Waals surface area (Å²) in [5, 5.41) is 9.13. The van der Waals surface area contributed by atoms with Crippen molar-refractivity contribution in [3.63, 3.8) is 0 Å². The van der Waals surface area contributed by atoms with Crippen LogP contribution in [0.1, 0.15) is 16.8 Å². The van der Waals surface area contributed by atoms with Gasteiger partial charge in [-0.25, -0.2) is 9.18 Å². The Morgan fingerprint density at radius 2 is 2.00 bits per heavy atom. The lowest BCUT2D eigenvalue weighted by atomic mass is 10.1. The third kappa shape index (κ3) is 2.73. The Balaban J connectivity index is 2.21. The Bertz CT molecular complexity index is 488. The summed E-state index contributed by atoms with van der Waals surface area (Å²) in [7, 11) is 1.48. The highest BCUT2D eigenvalue weighted by Gasteiger charge is 2.40. The first-order chi connectivity index (χ1) is 9.02. The van der Waals surface area contributed by atoms with E-state index >= 15 is 0 Å². The summed E-state index contributed by atoms with van der Waals surface area (Å²) in [6.07, 6.45) is -0.0239. The SMILES string of the molecule is COC1CC(C(=O)O)N(C(=O)c2ccc(F)cc2)C1. The number of benzene rings is 1.